The molecule has 0 unspecified atom stereocenters. The zero-order valence-corrected chi connectivity index (χ0v) is 18.3. The lowest BCUT2D eigenvalue weighted by Crippen LogP contribution is -2.65. The minimum Gasteiger partial charge on any atom is -0.481 e. The molecule has 0 saturated carbocycles. The van der Waals surface area contributed by atoms with Crippen LogP contribution in [0.1, 0.15) is 27.2 Å². The monoisotopic (exact) mass is 478 g/mol. The third kappa shape index (κ3) is 8.21. The lowest BCUT2D eigenvalue weighted by atomic mass is 9.96. The average molecular weight is 478 g/mol. The summed E-state index contributed by atoms with van der Waals surface area (Å²) >= 11 is 0. The summed E-state index contributed by atoms with van der Waals surface area (Å²) in [7, 11) is 0. The van der Waals surface area contributed by atoms with Crippen molar-refractivity contribution in [2.75, 3.05) is 6.61 Å². The third-order valence-corrected chi connectivity index (χ3v) is 4.76. The number of amides is 4. The first-order valence-corrected chi connectivity index (χ1v) is 9.95. The van der Waals surface area contributed by atoms with Crippen LogP contribution in [0.5, 0.6) is 0 Å². The predicted molar refractivity (Wildman–Crippen MR) is 107 cm³/mol. The van der Waals surface area contributed by atoms with E-state index in [-0.39, 0.29) is 0 Å². The number of carboxylic acids is 1. The summed E-state index contributed by atoms with van der Waals surface area (Å²) in [6.45, 7) is 2.99. The quantitative estimate of drug-likeness (QED) is 0.140. The van der Waals surface area contributed by atoms with Crippen LogP contribution in [0.3, 0.4) is 0 Å². The molecule has 1 heterocycles. The standard InChI is InChI=1S/C18H30N4O11/c1-6(16(29)22-9(15(19)28)4-11(25)26)20-17(30)7(2)32-14-12(21-8(3)24)18(31)33-10(5-23)13(14)27/h6-7,9-10,12-14,18,23,27,31H,4-5H2,1-3H3,(H2,19,28)(H,20,30)(H,21,24)(H,22,29)(H,25,26)/t6-,7+,9+,10+,12+,13+,14+,18+/m0/s1. The SMILES string of the molecule is CC(=O)N[C@@H]1[C@@H](O[C@H](C)C(=O)N[C@@H](C)C(=O)N[C@H](CC(=O)O)C(N)=O)[C@H](O)[C@@H](CO)O[C@H]1O. The van der Waals surface area contributed by atoms with E-state index in [1.807, 2.05) is 0 Å². The number of carboxylic acid groups (broad SMARTS) is 1. The largest absolute Gasteiger partial charge is 0.481 e. The molecule has 188 valence electrons. The zero-order valence-electron chi connectivity index (χ0n) is 18.3. The molecule has 0 bridgehead atoms. The number of aliphatic hydroxyl groups is 3. The highest BCUT2D eigenvalue weighted by Gasteiger charge is 2.47. The van der Waals surface area contributed by atoms with Crippen molar-refractivity contribution in [1.82, 2.24) is 16.0 Å². The van der Waals surface area contributed by atoms with Crippen molar-refractivity contribution in [3.05, 3.63) is 0 Å². The van der Waals surface area contributed by atoms with E-state index in [4.69, 9.17) is 20.3 Å². The molecule has 15 heteroatoms. The van der Waals surface area contributed by atoms with E-state index in [2.05, 4.69) is 16.0 Å². The normalized spacial score (nSPS) is 27.5. The number of carbonyl (C=O) groups is 5. The van der Waals surface area contributed by atoms with Crippen molar-refractivity contribution >= 4 is 29.6 Å². The predicted octanol–water partition coefficient (Wildman–Crippen LogP) is -4.72. The van der Waals surface area contributed by atoms with Crippen LogP contribution in [0.2, 0.25) is 0 Å². The van der Waals surface area contributed by atoms with Gasteiger partial charge in [0.05, 0.1) is 13.0 Å². The van der Waals surface area contributed by atoms with Crippen molar-refractivity contribution < 1.29 is 53.9 Å². The summed E-state index contributed by atoms with van der Waals surface area (Å²) in [6, 6.07) is -4.00. The van der Waals surface area contributed by atoms with Gasteiger partial charge in [-0.3, -0.25) is 24.0 Å². The Morgan fingerprint density at radius 2 is 1.70 bits per heavy atom. The van der Waals surface area contributed by atoms with Gasteiger partial charge in [0.25, 0.3) is 0 Å². The topological polar surface area (TPSA) is 247 Å². The average Bonchev–Trinajstić information content (AvgIpc) is 2.71. The second-order valence-corrected chi connectivity index (χ2v) is 7.50. The number of aliphatic hydroxyl groups excluding tert-OH is 3. The Hall–Kier alpha value is -2.85. The fraction of sp³-hybridized carbons (Fsp3) is 0.722. The molecule has 15 nitrogen and oxygen atoms in total. The number of rotatable bonds is 11. The molecule has 1 aliphatic rings. The number of nitrogens with one attached hydrogen (secondary N) is 3. The Kier molecular flexibility index (Phi) is 10.6. The lowest BCUT2D eigenvalue weighted by Gasteiger charge is -2.43. The minimum atomic E-state index is -1.65. The number of carbonyl (C=O) groups excluding carboxylic acids is 4. The fourth-order valence-electron chi connectivity index (χ4n) is 3.02. The molecule has 4 amide bonds. The Bertz CT molecular complexity index is 749. The van der Waals surface area contributed by atoms with E-state index in [1.54, 1.807) is 0 Å². The highest BCUT2D eigenvalue weighted by molar-refractivity contribution is 5.93. The van der Waals surface area contributed by atoms with E-state index in [0.29, 0.717) is 0 Å². The number of hydrogen-bond acceptors (Lipinski definition) is 10. The van der Waals surface area contributed by atoms with Gasteiger partial charge in [-0.1, -0.05) is 0 Å². The number of aliphatic carboxylic acids is 1. The van der Waals surface area contributed by atoms with E-state index >= 15 is 0 Å². The number of nitrogens with two attached hydrogens (primary N) is 1. The van der Waals surface area contributed by atoms with Gasteiger partial charge in [-0.05, 0) is 13.8 Å². The molecule has 1 rings (SSSR count). The Morgan fingerprint density at radius 3 is 2.18 bits per heavy atom. The van der Waals surface area contributed by atoms with Gasteiger partial charge in [0.2, 0.25) is 23.6 Å². The molecule has 0 aromatic rings. The van der Waals surface area contributed by atoms with Crippen LogP contribution in [0.25, 0.3) is 0 Å². The Labute approximate surface area is 188 Å². The van der Waals surface area contributed by atoms with Crippen molar-refractivity contribution in [2.24, 2.45) is 5.73 Å². The third-order valence-electron chi connectivity index (χ3n) is 4.76. The van der Waals surface area contributed by atoms with Gasteiger partial charge < -0.3 is 51.6 Å². The van der Waals surface area contributed by atoms with Crippen LogP contribution in [-0.4, -0.2) is 105 Å². The Balaban J connectivity index is 2.82. The van der Waals surface area contributed by atoms with Crippen LogP contribution in [0.4, 0.5) is 0 Å². The summed E-state index contributed by atoms with van der Waals surface area (Å²) < 4.78 is 10.6. The van der Waals surface area contributed by atoms with E-state index < -0.39 is 91.5 Å². The Morgan fingerprint density at radius 1 is 1.09 bits per heavy atom. The van der Waals surface area contributed by atoms with Crippen molar-refractivity contribution in [3.63, 3.8) is 0 Å². The number of ether oxygens (including phenoxy) is 2. The van der Waals surface area contributed by atoms with Crippen LogP contribution in [-0.2, 0) is 33.4 Å². The van der Waals surface area contributed by atoms with E-state index in [1.165, 1.54) is 13.8 Å². The summed E-state index contributed by atoms with van der Waals surface area (Å²) in [5.74, 6) is -4.76. The van der Waals surface area contributed by atoms with Gasteiger partial charge in [-0.2, -0.15) is 0 Å². The van der Waals surface area contributed by atoms with Gasteiger partial charge in [-0.25, -0.2) is 0 Å². The lowest BCUT2D eigenvalue weighted by molar-refractivity contribution is -0.266. The molecule has 0 spiro atoms. The minimum absolute atomic E-state index is 0.585. The second kappa shape index (κ2) is 12.4. The summed E-state index contributed by atoms with van der Waals surface area (Å²) in [4.78, 5) is 58.2. The summed E-state index contributed by atoms with van der Waals surface area (Å²) in [6.07, 6.45) is -7.88. The maximum Gasteiger partial charge on any atom is 0.305 e. The molecule has 1 aliphatic heterocycles. The van der Waals surface area contributed by atoms with E-state index in [0.717, 1.165) is 6.92 Å². The molecule has 1 fully saturated rings. The molecule has 0 radical (unpaired) electrons. The molecule has 0 aromatic heterocycles. The van der Waals surface area contributed by atoms with Crippen molar-refractivity contribution in [3.8, 4) is 0 Å². The summed E-state index contributed by atoms with van der Waals surface area (Å²) in [5, 5.41) is 45.3. The van der Waals surface area contributed by atoms with Gasteiger partial charge in [0.15, 0.2) is 6.29 Å². The van der Waals surface area contributed by atoms with E-state index in [9.17, 15) is 39.3 Å². The smallest absolute Gasteiger partial charge is 0.305 e. The zero-order chi connectivity index (χ0) is 25.5. The highest BCUT2D eigenvalue weighted by atomic mass is 16.6. The maximum atomic E-state index is 12.5. The van der Waals surface area contributed by atoms with Crippen LogP contribution < -0.4 is 21.7 Å². The molecule has 8 atom stereocenters. The maximum absolute atomic E-state index is 12.5. The molecule has 0 aliphatic carbocycles. The van der Waals surface area contributed by atoms with Crippen molar-refractivity contribution in [1.29, 1.82) is 0 Å². The van der Waals surface area contributed by atoms with Crippen LogP contribution in [0, 0.1) is 0 Å². The first-order chi connectivity index (χ1) is 15.3. The van der Waals surface area contributed by atoms with Gasteiger partial charge in [0.1, 0.15) is 42.5 Å². The van der Waals surface area contributed by atoms with Gasteiger partial charge in [0, 0.05) is 6.92 Å². The van der Waals surface area contributed by atoms with Crippen LogP contribution >= 0.6 is 0 Å². The molecular formula is C18H30N4O11. The second-order valence-electron chi connectivity index (χ2n) is 7.50. The highest BCUT2D eigenvalue weighted by Crippen LogP contribution is 2.23. The number of hydrogen-bond donors (Lipinski definition) is 8. The molecule has 1 saturated heterocycles. The number of primary amides is 1. The van der Waals surface area contributed by atoms with Gasteiger partial charge >= 0.3 is 5.97 Å². The molecule has 0 aromatic carbocycles. The summed E-state index contributed by atoms with van der Waals surface area (Å²) in [5.41, 5.74) is 5.05. The van der Waals surface area contributed by atoms with Crippen molar-refractivity contribution in [2.45, 2.75) is 76.0 Å². The molecule has 9 N–H and O–H groups in total. The first kappa shape index (κ1) is 28.2. The molecular weight excluding hydrogens is 448 g/mol. The van der Waals surface area contributed by atoms with Gasteiger partial charge in [-0.15, -0.1) is 0 Å². The first-order valence-electron chi connectivity index (χ1n) is 9.95. The molecule has 33 heavy (non-hydrogen) atoms. The fourth-order valence-corrected chi connectivity index (χ4v) is 3.02. The van der Waals surface area contributed by atoms with Crippen LogP contribution in [0.15, 0.2) is 0 Å².